The van der Waals surface area contributed by atoms with Crippen molar-refractivity contribution in [3.8, 4) is 0 Å². The number of nitrogens with zero attached hydrogens (tertiary/aromatic N) is 2. The highest BCUT2D eigenvalue weighted by atomic mass is 16.3. The standard InChI is InChI=1S/C6H5N3O2/c7-5-3-4(1-2-8-5)6(10)9-11/h1-3H,(H2,7,8). The number of carbonyl (C=O) groups is 1. The average Bonchev–Trinajstić information content (AvgIpc) is 2.03. The molecular weight excluding hydrogens is 146 g/mol. The number of pyridine rings is 1. The van der Waals surface area contributed by atoms with E-state index in [1.54, 1.807) is 0 Å². The Hall–Kier alpha value is -1.78. The molecule has 11 heavy (non-hydrogen) atoms. The first-order valence-electron chi connectivity index (χ1n) is 2.83. The van der Waals surface area contributed by atoms with Crippen molar-refractivity contribution in [1.82, 2.24) is 4.98 Å². The van der Waals surface area contributed by atoms with Crippen molar-refractivity contribution in [3.63, 3.8) is 0 Å². The quantitative estimate of drug-likeness (QED) is 0.594. The summed E-state index contributed by atoms with van der Waals surface area (Å²) in [6.07, 6.45) is 1.34. The van der Waals surface area contributed by atoms with E-state index in [2.05, 4.69) is 10.2 Å². The van der Waals surface area contributed by atoms with Gasteiger partial charge in [0.25, 0.3) is 0 Å². The summed E-state index contributed by atoms with van der Waals surface area (Å²) >= 11 is 0. The number of carbonyl (C=O) groups excluding carboxylic acids is 1. The number of nitrogen functional groups attached to an aromatic ring is 1. The second kappa shape index (κ2) is 2.87. The molecule has 1 aromatic rings. The summed E-state index contributed by atoms with van der Waals surface area (Å²) in [6, 6.07) is 2.67. The average molecular weight is 151 g/mol. The molecule has 0 saturated carbocycles. The minimum atomic E-state index is -0.834. The molecule has 0 aromatic carbocycles. The zero-order chi connectivity index (χ0) is 8.27. The minimum Gasteiger partial charge on any atom is -0.384 e. The number of nitrogens with two attached hydrogens (primary N) is 1. The van der Waals surface area contributed by atoms with Crippen LogP contribution in [0.4, 0.5) is 5.82 Å². The summed E-state index contributed by atoms with van der Waals surface area (Å²) in [7, 11) is 0. The molecule has 0 saturated heterocycles. The van der Waals surface area contributed by atoms with Gasteiger partial charge in [-0.2, -0.15) is 0 Å². The van der Waals surface area contributed by atoms with Crippen LogP contribution in [0.25, 0.3) is 0 Å². The molecule has 5 heteroatoms. The lowest BCUT2D eigenvalue weighted by molar-refractivity contribution is 0.100. The van der Waals surface area contributed by atoms with E-state index in [-0.39, 0.29) is 11.4 Å². The van der Waals surface area contributed by atoms with Gasteiger partial charge in [0.1, 0.15) is 5.82 Å². The van der Waals surface area contributed by atoms with Crippen molar-refractivity contribution in [2.24, 2.45) is 5.18 Å². The topological polar surface area (TPSA) is 85.4 Å². The smallest absolute Gasteiger partial charge is 0.316 e. The van der Waals surface area contributed by atoms with Crippen molar-refractivity contribution in [2.45, 2.75) is 0 Å². The van der Waals surface area contributed by atoms with Gasteiger partial charge in [0.05, 0.1) is 5.56 Å². The molecule has 0 bridgehead atoms. The van der Waals surface area contributed by atoms with Gasteiger partial charge in [-0.3, -0.25) is 4.79 Å². The molecule has 0 atom stereocenters. The van der Waals surface area contributed by atoms with Gasteiger partial charge in [0.15, 0.2) is 0 Å². The number of amides is 1. The van der Waals surface area contributed by atoms with E-state index in [9.17, 15) is 9.70 Å². The first kappa shape index (κ1) is 7.33. The number of hydrogen-bond donors (Lipinski definition) is 1. The Balaban J connectivity index is 3.05. The Bertz CT molecular complexity index is 298. The molecule has 1 amide bonds. The van der Waals surface area contributed by atoms with E-state index in [0.29, 0.717) is 0 Å². The molecule has 1 rings (SSSR count). The third-order valence-corrected chi connectivity index (χ3v) is 1.11. The molecule has 0 unspecified atom stereocenters. The SMILES string of the molecule is Nc1cc(C(=O)N=O)ccn1. The van der Waals surface area contributed by atoms with E-state index in [1.807, 2.05) is 0 Å². The summed E-state index contributed by atoms with van der Waals surface area (Å²) in [4.78, 5) is 24.0. The Morgan fingerprint density at radius 3 is 2.91 bits per heavy atom. The van der Waals surface area contributed by atoms with Crippen LogP contribution in [-0.4, -0.2) is 10.9 Å². The monoisotopic (exact) mass is 151 g/mol. The molecule has 56 valence electrons. The number of anilines is 1. The van der Waals surface area contributed by atoms with Crippen LogP contribution in [0, 0.1) is 4.91 Å². The first-order valence-corrected chi connectivity index (χ1v) is 2.83. The van der Waals surface area contributed by atoms with E-state index in [0.717, 1.165) is 0 Å². The Labute approximate surface area is 62.2 Å². The fourth-order valence-electron chi connectivity index (χ4n) is 0.634. The second-order valence-electron chi connectivity index (χ2n) is 1.87. The molecule has 2 N–H and O–H groups in total. The van der Waals surface area contributed by atoms with Gasteiger partial charge >= 0.3 is 5.91 Å². The van der Waals surface area contributed by atoms with Gasteiger partial charge < -0.3 is 5.73 Å². The lowest BCUT2D eigenvalue weighted by atomic mass is 10.2. The Morgan fingerprint density at radius 2 is 2.36 bits per heavy atom. The molecule has 1 aromatic heterocycles. The summed E-state index contributed by atoms with van der Waals surface area (Å²) in [5.41, 5.74) is 5.40. The first-order chi connectivity index (χ1) is 5.24. The van der Waals surface area contributed by atoms with Crippen LogP contribution < -0.4 is 5.73 Å². The van der Waals surface area contributed by atoms with Gasteiger partial charge in [-0.15, -0.1) is 4.91 Å². The van der Waals surface area contributed by atoms with Crippen molar-refractivity contribution in [1.29, 1.82) is 0 Å². The van der Waals surface area contributed by atoms with Gasteiger partial charge in [-0.1, -0.05) is 0 Å². The maximum absolute atomic E-state index is 10.6. The van der Waals surface area contributed by atoms with Crippen LogP contribution in [0.15, 0.2) is 23.5 Å². The van der Waals surface area contributed by atoms with E-state index >= 15 is 0 Å². The van der Waals surface area contributed by atoms with Crippen molar-refractivity contribution >= 4 is 11.7 Å². The van der Waals surface area contributed by atoms with Gasteiger partial charge in [0.2, 0.25) is 0 Å². The van der Waals surface area contributed by atoms with Crippen molar-refractivity contribution < 1.29 is 4.79 Å². The van der Waals surface area contributed by atoms with Crippen LogP contribution in [0.1, 0.15) is 10.4 Å². The summed E-state index contributed by atoms with van der Waals surface area (Å²) in [5, 5.41) is 2.23. The zero-order valence-electron chi connectivity index (χ0n) is 5.52. The maximum atomic E-state index is 10.6. The Morgan fingerprint density at radius 1 is 1.64 bits per heavy atom. The lowest BCUT2D eigenvalue weighted by Gasteiger charge is -1.92. The zero-order valence-corrected chi connectivity index (χ0v) is 5.52. The van der Waals surface area contributed by atoms with Crippen LogP contribution in [-0.2, 0) is 0 Å². The maximum Gasteiger partial charge on any atom is 0.316 e. The third kappa shape index (κ3) is 1.57. The van der Waals surface area contributed by atoms with E-state index < -0.39 is 5.91 Å². The third-order valence-electron chi connectivity index (χ3n) is 1.11. The fourth-order valence-corrected chi connectivity index (χ4v) is 0.634. The van der Waals surface area contributed by atoms with Crippen LogP contribution in [0.2, 0.25) is 0 Å². The molecule has 1 heterocycles. The van der Waals surface area contributed by atoms with Crippen LogP contribution in [0.5, 0.6) is 0 Å². The van der Waals surface area contributed by atoms with Crippen LogP contribution in [0.3, 0.4) is 0 Å². The molecule has 0 aliphatic rings. The molecule has 0 aliphatic carbocycles. The highest BCUT2D eigenvalue weighted by molar-refractivity contribution is 5.95. The van der Waals surface area contributed by atoms with Crippen LogP contribution >= 0.6 is 0 Å². The molecule has 0 radical (unpaired) electrons. The molecule has 0 aliphatic heterocycles. The normalized spacial score (nSPS) is 9.09. The Kier molecular flexibility index (Phi) is 1.91. The number of aromatic nitrogens is 1. The van der Waals surface area contributed by atoms with Gasteiger partial charge in [0, 0.05) is 11.4 Å². The fraction of sp³-hybridized carbons (Fsp3) is 0. The molecule has 0 spiro atoms. The van der Waals surface area contributed by atoms with Gasteiger partial charge in [-0.05, 0) is 12.1 Å². The second-order valence-corrected chi connectivity index (χ2v) is 1.87. The largest absolute Gasteiger partial charge is 0.384 e. The summed E-state index contributed by atoms with van der Waals surface area (Å²) < 4.78 is 0. The summed E-state index contributed by atoms with van der Waals surface area (Å²) in [5.74, 6) is -0.640. The predicted molar refractivity (Wildman–Crippen MR) is 38.8 cm³/mol. The van der Waals surface area contributed by atoms with Crippen molar-refractivity contribution in [2.75, 3.05) is 5.73 Å². The number of nitroso groups, excluding NO2 is 1. The molecule has 5 nitrogen and oxygen atoms in total. The highest BCUT2D eigenvalue weighted by Gasteiger charge is 2.04. The number of hydrogen-bond acceptors (Lipinski definition) is 4. The molecular formula is C6H5N3O2. The van der Waals surface area contributed by atoms with Gasteiger partial charge in [-0.25, -0.2) is 4.98 Å². The molecule has 0 fully saturated rings. The lowest BCUT2D eigenvalue weighted by Crippen LogP contribution is -1.96. The predicted octanol–water partition coefficient (Wildman–Crippen LogP) is 0.570. The van der Waals surface area contributed by atoms with Crippen molar-refractivity contribution in [3.05, 3.63) is 28.8 Å². The van der Waals surface area contributed by atoms with E-state index in [1.165, 1.54) is 18.3 Å². The summed E-state index contributed by atoms with van der Waals surface area (Å²) in [6.45, 7) is 0. The van der Waals surface area contributed by atoms with E-state index in [4.69, 9.17) is 5.73 Å². The highest BCUT2D eigenvalue weighted by Crippen LogP contribution is 2.03. The number of rotatable bonds is 1. The minimum absolute atomic E-state index is 0.160.